The van der Waals surface area contributed by atoms with E-state index in [0.717, 1.165) is 5.57 Å². The van der Waals surface area contributed by atoms with Gasteiger partial charge >= 0.3 is 11.9 Å². The molecule has 434 valence electrons. The molecule has 1 amide bonds. The number of amides is 1. The Kier molecular flexibility index (Phi) is 23.6. The number of cyclic esters (lactones) is 1. The first kappa shape index (κ1) is 63.9. The number of fused-ring (bicyclic) bond motifs is 3. The predicted octanol–water partition coefficient (Wildman–Crippen LogP) is 7.91. The Morgan fingerprint density at radius 3 is 2.19 bits per heavy atom. The zero-order chi connectivity index (χ0) is 57.0. The van der Waals surface area contributed by atoms with Gasteiger partial charge in [-0.15, -0.1) is 0 Å². The third-order valence-corrected chi connectivity index (χ3v) is 17.0. The summed E-state index contributed by atoms with van der Waals surface area (Å²) in [5.41, 5.74) is 0.181. The Labute approximate surface area is 458 Å². The number of Topliss-reactive ketones (excluding diaryl/α,β-unsaturated/α-hetero) is 3. The van der Waals surface area contributed by atoms with Crippen molar-refractivity contribution >= 4 is 35.2 Å². The molecule has 77 heavy (non-hydrogen) atoms. The van der Waals surface area contributed by atoms with E-state index in [-0.39, 0.29) is 61.6 Å². The molecular weight excluding hydrogens is 991 g/mol. The van der Waals surface area contributed by atoms with Gasteiger partial charge in [0, 0.05) is 58.5 Å². The number of esters is 2. The van der Waals surface area contributed by atoms with Gasteiger partial charge < -0.3 is 53.0 Å². The van der Waals surface area contributed by atoms with Gasteiger partial charge in [0.15, 0.2) is 17.4 Å². The lowest BCUT2D eigenvalue weighted by Gasteiger charge is -2.43. The summed E-state index contributed by atoms with van der Waals surface area (Å²) in [5, 5.41) is 23.6. The van der Waals surface area contributed by atoms with E-state index in [1.807, 2.05) is 45.1 Å². The maximum Gasteiger partial charge on any atom is 0.329 e. The molecule has 4 aliphatic heterocycles. The largest absolute Gasteiger partial charge is 0.460 e. The number of aliphatic hydroxyl groups is 2. The van der Waals surface area contributed by atoms with Gasteiger partial charge in [-0.2, -0.15) is 0 Å². The molecule has 0 spiro atoms. The SMILES string of the molecule is CO[C@H]1C[C@@H]2CC[C@@H](C)[C@@](O)(O2)C(=O)C(=O)N2CCCC[C@H]2C(=O)O[C@H]([C@H](C)C[C@@H]2CC[C@@H](OC(=O)C3(C)COC(C)(C)OC3)[C@H](OC)C2)CC(=O)/C(C)=C\C(C)[C@@H](O)[C@@H](OC)C(=O)[C@H](C)CC[C@H](C)C=CC=CC=C1C. The smallest absolute Gasteiger partial charge is 0.329 e. The minimum atomic E-state index is -2.46. The van der Waals surface area contributed by atoms with Crippen molar-refractivity contribution in [2.75, 3.05) is 41.1 Å². The fraction of sp³-hybridized carbons (Fsp3) is 0.767. The highest BCUT2D eigenvalue weighted by molar-refractivity contribution is 6.39. The van der Waals surface area contributed by atoms with Crippen molar-refractivity contribution in [3.05, 3.63) is 47.6 Å². The number of ether oxygens (including phenoxy) is 8. The van der Waals surface area contributed by atoms with E-state index in [0.29, 0.717) is 70.6 Å². The average Bonchev–Trinajstić information content (AvgIpc) is 3.40. The number of aliphatic hydroxyl groups excluding tert-OH is 1. The first-order chi connectivity index (χ1) is 36.3. The number of hydrogen-bond acceptors (Lipinski definition) is 16. The van der Waals surface area contributed by atoms with E-state index < -0.39 is 113 Å². The lowest BCUT2D eigenvalue weighted by atomic mass is 9.78. The molecule has 17 nitrogen and oxygen atoms in total. The molecule has 3 saturated heterocycles. The molecule has 17 heteroatoms. The lowest BCUT2D eigenvalue weighted by Crippen LogP contribution is -2.61. The van der Waals surface area contributed by atoms with Crippen LogP contribution in [-0.2, 0) is 66.7 Å². The number of allylic oxidation sites excluding steroid dienone is 6. The summed E-state index contributed by atoms with van der Waals surface area (Å²) in [6.07, 6.45) is 11.6. The molecule has 2 bridgehead atoms. The molecule has 2 N–H and O–H groups in total. The molecule has 0 aromatic carbocycles. The highest BCUT2D eigenvalue weighted by Crippen LogP contribution is 2.39. The van der Waals surface area contributed by atoms with Crippen LogP contribution in [0.4, 0.5) is 0 Å². The Balaban J connectivity index is 1.43. The van der Waals surface area contributed by atoms with Crippen LogP contribution in [0.15, 0.2) is 47.6 Å². The molecule has 5 aliphatic rings. The van der Waals surface area contributed by atoms with Crippen LogP contribution in [0.25, 0.3) is 0 Å². The van der Waals surface area contributed by atoms with Gasteiger partial charge in [-0.3, -0.25) is 24.0 Å². The minimum Gasteiger partial charge on any atom is -0.460 e. The maximum absolute atomic E-state index is 14.6. The van der Waals surface area contributed by atoms with Gasteiger partial charge in [-0.1, -0.05) is 71.1 Å². The van der Waals surface area contributed by atoms with Gasteiger partial charge in [-0.05, 0) is 134 Å². The monoisotopic (exact) mass is 1080 g/mol. The van der Waals surface area contributed by atoms with Crippen LogP contribution in [-0.4, -0.2) is 152 Å². The van der Waals surface area contributed by atoms with Crippen LogP contribution < -0.4 is 0 Å². The van der Waals surface area contributed by atoms with Crippen LogP contribution in [0.1, 0.15) is 153 Å². The molecule has 15 atom stereocenters. The number of nitrogens with zero attached hydrogens (tertiary/aromatic N) is 1. The fourth-order valence-electron chi connectivity index (χ4n) is 11.4. The number of rotatable bonds is 8. The van der Waals surface area contributed by atoms with Gasteiger partial charge in [0.2, 0.25) is 5.79 Å². The zero-order valence-electron chi connectivity index (χ0n) is 48.4. The maximum atomic E-state index is 14.6. The number of carbonyl (C=O) groups excluding carboxylic acids is 6. The van der Waals surface area contributed by atoms with Gasteiger partial charge in [0.05, 0.1) is 37.6 Å². The molecule has 0 radical (unpaired) electrons. The Morgan fingerprint density at radius 2 is 1.53 bits per heavy atom. The van der Waals surface area contributed by atoms with Crippen molar-refractivity contribution in [2.24, 2.45) is 40.9 Å². The molecule has 0 aromatic heterocycles. The van der Waals surface area contributed by atoms with E-state index in [1.54, 1.807) is 61.8 Å². The quantitative estimate of drug-likeness (QED) is 0.174. The van der Waals surface area contributed by atoms with Gasteiger partial charge in [0.25, 0.3) is 11.7 Å². The average molecular weight is 1080 g/mol. The van der Waals surface area contributed by atoms with Crippen LogP contribution in [0, 0.1) is 40.9 Å². The van der Waals surface area contributed by atoms with E-state index in [2.05, 4.69) is 13.0 Å². The molecule has 1 saturated carbocycles. The predicted molar refractivity (Wildman–Crippen MR) is 288 cm³/mol. The summed E-state index contributed by atoms with van der Waals surface area (Å²) >= 11 is 0. The van der Waals surface area contributed by atoms with E-state index in [1.165, 1.54) is 12.0 Å². The number of piperidine rings is 1. The van der Waals surface area contributed by atoms with Crippen molar-refractivity contribution in [1.82, 2.24) is 4.90 Å². The minimum absolute atomic E-state index is 0.0106. The van der Waals surface area contributed by atoms with Gasteiger partial charge in [-0.25, -0.2) is 4.79 Å². The third kappa shape index (κ3) is 16.8. The van der Waals surface area contributed by atoms with Crippen LogP contribution >= 0.6 is 0 Å². The molecule has 5 rings (SSSR count). The fourth-order valence-corrected chi connectivity index (χ4v) is 11.4. The summed E-state index contributed by atoms with van der Waals surface area (Å²) < 4.78 is 47.6. The van der Waals surface area contributed by atoms with Crippen LogP contribution in [0.2, 0.25) is 0 Å². The summed E-state index contributed by atoms with van der Waals surface area (Å²) in [7, 11) is 4.54. The molecule has 4 heterocycles. The molecule has 4 fully saturated rings. The Hall–Kier alpha value is -3.94. The van der Waals surface area contributed by atoms with Crippen molar-refractivity contribution in [3.63, 3.8) is 0 Å². The number of methoxy groups -OCH3 is 3. The van der Waals surface area contributed by atoms with E-state index in [9.17, 15) is 39.0 Å². The third-order valence-electron chi connectivity index (χ3n) is 17.0. The zero-order valence-corrected chi connectivity index (χ0v) is 48.4. The number of ketones is 3. The first-order valence-corrected chi connectivity index (χ1v) is 28.3. The Morgan fingerprint density at radius 1 is 0.831 bits per heavy atom. The summed E-state index contributed by atoms with van der Waals surface area (Å²) in [5.74, 6) is -9.37. The highest BCUT2D eigenvalue weighted by atomic mass is 16.7. The van der Waals surface area contributed by atoms with Crippen molar-refractivity contribution in [2.45, 2.75) is 213 Å². The van der Waals surface area contributed by atoms with E-state index in [4.69, 9.17) is 37.9 Å². The number of hydrogen-bond donors (Lipinski definition) is 2. The molecule has 0 aromatic rings. The standard InChI is InChI=1S/C60H93NO16/c1-36-19-15-14-16-20-37(2)48(70-11)32-44-26-24-42(7)60(69,77-44)54(65)55(66)61-28-18-17-21-45(61)56(67)75-49(33-46(62)39(4)29-41(6)52(64)53(72-13)51(63)38(3)23-22-36)40(5)30-43-25-27-47(50(31-43)71-12)76-57(68)59(10)34-73-58(8,9)74-35-59/h14-16,19-20,29,36,38,40-45,47-50,52-53,64,69H,17-18,21-28,30-35H2,1-13H3/b16-14?,19-15?,37-20?,39-29-/t36-,38-,40-,41?,42-,43+,44+,45+,47-,48+,49+,50-,52-,53+,60-/m1/s1. The van der Waals surface area contributed by atoms with Crippen molar-refractivity contribution in [3.8, 4) is 0 Å². The second-order valence-corrected chi connectivity index (χ2v) is 23.9. The lowest BCUT2D eigenvalue weighted by molar-refractivity contribution is -0.283. The normalized spacial score (nSPS) is 37.1. The summed E-state index contributed by atoms with van der Waals surface area (Å²) in [6.45, 7) is 18.4. The van der Waals surface area contributed by atoms with Crippen LogP contribution in [0.3, 0.4) is 0 Å². The molecular formula is C60H93NO16. The Bertz CT molecular complexity index is 2160. The van der Waals surface area contributed by atoms with E-state index >= 15 is 0 Å². The first-order valence-electron chi connectivity index (χ1n) is 28.3. The second kappa shape index (κ2) is 28.5. The van der Waals surface area contributed by atoms with Crippen molar-refractivity contribution in [1.29, 1.82) is 0 Å². The molecule has 1 unspecified atom stereocenters. The topological polar surface area (TPSA) is 220 Å². The van der Waals surface area contributed by atoms with Crippen molar-refractivity contribution < 1.29 is 76.9 Å². The summed E-state index contributed by atoms with van der Waals surface area (Å²) in [4.78, 5) is 86.3. The summed E-state index contributed by atoms with van der Waals surface area (Å²) in [6, 6.07) is -1.19. The molecule has 1 aliphatic carbocycles. The van der Waals surface area contributed by atoms with Crippen LogP contribution in [0.5, 0.6) is 0 Å². The number of carbonyl (C=O) groups is 6. The second-order valence-electron chi connectivity index (χ2n) is 23.9. The highest BCUT2D eigenvalue weighted by Gasteiger charge is 2.53. The van der Waals surface area contributed by atoms with Gasteiger partial charge in [0.1, 0.15) is 29.8 Å².